The molecule has 3 aromatic rings. The van der Waals surface area contributed by atoms with Gasteiger partial charge in [-0.05, 0) is 67.4 Å². The van der Waals surface area contributed by atoms with Gasteiger partial charge in [0, 0.05) is 11.2 Å². The normalized spacial score (nSPS) is 11.1. The van der Waals surface area contributed by atoms with Crippen LogP contribution in [0.5, 0.6) is 5.75 Å². The molecule has 0 aliphatic rings. The van der Waals surface area contributed by atoms with Crippen molar-refractivity contribution < 1.29 is 9.53 Å². The Morgan fingerprint density at radius 1 is 1.16 bits per heavy atom. The SMILES string of the molecule is CC(C)Oc1ccc(/C=N\NC(=O)c2cccn(Cc3cccc(Cl)c3)c2=O)cc1Cl. The second-order valence-electron chi connectivity index (χ2n) is 7.04. The van der Waals surface area contributed by atoms with E-state index in [0.717, 1.165) is 5.56 Å². The Hall–Kier alpha value is -3.09. The van der Waals surface area contributed by atoms with Crippen LogP contribution in [0, 0.1) is 0 Å². The Balaban J connectivity index is 1.69. The number of rotatable bonds is 7. The number of benzene rings is 2. The van der Waals surface area contributed by atoms with Crippen LogP contribution in [0.25, 0.3) is 0 Å². The molecule has 6 nitrogen and oxygen atoms in total. The maximum atomic E-state index is 12.7. The third-order valence-corrected chi connectivity index (χ3v) is 4.74. The van der Waals surface area contributed by atoms with Crippen LogP contribution in [-0.4, -0.2) is 22.8 Å². The van der Waals surface area contributed by atoms with Gasteiger partial charge in [0.05, 0.1) is 23.9 Å². The van der Waals surface area contributed by atoms with Crippen LogP contribution >= 0.6 is 23.2 Å². The number of ether oxygens (including phenoxy) is 1. The van der Waals surface area contributed by atoms with E-state index in [2.05, 4.69) is 10.5 Å². The topological polar surface area (TPSA) is 72.7 Å². The van der Waals surface area contributed by atoms with E-state index in [9.17, 15) is 9.59 Å². The lowest BCUT2D eigenvalue weighted by molar-refractivity contribution is 0.0953. The lowest BCUT2D eigenvalue weighted by Gasteiger charge is -2.11. The molecule has 0 radical (unpaired) electrons. The Bertz CT molecular complexity index is 1170. The fourth-order valence-electron chi connectivity index (χ4n) is 2.84. The molecule has 1 heterocycles. The number of hydrogen-bond acceptors (Lipinski definition) is 4. The van der Waals surface area contributed by atoms with Crippen LogP contribution in [-0.2, 0) is 6.54 Å². The number of pyridine rings is 1. The fourth-order valence-corrected chi connectivity index (χ4v) is 3.29. The number of halogens is 2. The molecule has 3 rings (SSSR count). The summed E-state index contributed by atoms with van der Waals surface area (Å²) in [6, 6.07) is 15.5. The third-order valence-electron chi connectivity index (χ3n) is 4.21. The molecule has 31 heavy (non-hydrogen) atoms. The highest BCUT2D eigenvalue weighted by Gasteiger charge is 2.12. The number of hydrazone groups is 1. The standard InChI is InChI=1S/C23H21Cl2N3O3/c1-15(2)31-21-9-8-16(12-20(21)25)13-26-27-22(29)19-7-4-10-28(23(19)30)14-17-5-3-6-18(24)11-17/h3-13,15H,14H2,1-2H3,(H,27,29)/b26-13-. The lowest BCUT2D eigenvalue weighted by Crippen LogP contribution is -2.30. The molecule has 0 aliphatic heterocycles. The molecule has 8 heteroatoms. The second-order valence-corrected chi connectivity index (χ2v) is 7.88. The molecule has 0 fully saturated rings. The van der Waals surface area contributed by atoms with Gasteiger partial charge in [-0.2, -0.15) is 5.10 Å². The van der Waals surface area contributed by atoms with Gasteiger partial charge in [-0.1, -0.05) is 35.3 Å². The first kappa shape index (κ1) is 22.6. The summed E-state index contributed by atoms with van der Waals surface area (Å²) >= 11 is 12.2. The average Bonchev–Trinajstić information content (AvgIpc) is 2.71. The first-order valence-electron chi connectivity index (χ1n) is 9.57. The van der Waals surface area contributed by atoms with E-state index in [-0.39, 0.29) is 11.7 Å². The maximum absolute atomic E-state index is 12.7. The predicted molar refractivity (Wildman–Crippen MR) is 124 cm³/mol. The van der Waals surface area contributed by atoms with Crippen LogP contribution in [0.15, 0.2) is 70.7 Å². The Morgan fingerprint density at radius 2 is 1.97 bits per heavy atom. The molecule has 1 aromatic heterocycles. The van der Waals surface area contributed by atoms with E-state index >= 15 is 0 Å². The van der Waals surface area contributed by atoms with Gasteiger partial charge in [0.2, 0.25) is 0 Å². The summed E-state index contributed by atoms with van der Waals surface area (Å²) in [5, 5.41) is 4.95. The van der Waals surface area contributed by atoms with Crippen molar-refractivity contribution in [1.82, 2.24) is 9.99 Å². The molecule has 0 saturated carbocycles. The van der Waals surface area contributed by atoms with Gasteiger partial charge in [-0.25, -0.2) is 5.43 Å². The van der Waals surface area contributed by atoms with Gasteiger partial charge in [0.1, 0.15) is 11.3 Å². The van der Waals surface area contributed by atoms with Gasteiger partial charge in [0.15, 0.2) is 0 Å². The van der Waals surface area contributed by atoms with E-state index in [4.69, 9.17) is 27.9 Å². The molecule has 0 spiro atoms. The van der Waals surface area contributed by atoms with Crippen LogP contribution in [0.3, 0.4) is 0 Å². The van der Waals surface area contributed by atoms with Crippen molar-refractivity contribution in [2.24, 2.45) is 5.10 Å². The van der Waals surface area contributed by atoms with Crippen LogP contribution in [0.1, 0.15) is 35.3 Å². The molecule has 0 aliphatic carbocycles. The third kappa shape index (κ3) is 6.20. The van der Waals surface area contributed by atoms with Crippen molar-refractivity contribution in [3.63, 3.8) is 0 Å². The molecule has 1 N–H and O–H groups in total. The summed E-state index contributed by atoms with van der Waals surface area (Å²) in [4.78, 5) is 25.1. The summed E-state index contributed by atoms with van der Waals surface area (Å²) in [7, 11) is 0. The number of nitrogens with one attached hydrogen (secondary N) is 1. The van der Waals surface area contributed by atoms with Crippen molar-refractivity contribution in [3.05, 3.63) is 97.9 Å². The van der Waals surface area contributed by atoms with E-state index in [0.29, 0.717) is 27.9 Å². The summed E-state index contributed by atoms with van der Waals surface area (Å²) < 4.78 is 7.03. The van der Waals surface area contributed by atoms with Crippen molar-refractivity contribution >= 4 is 35.3 Å². The number of nitrogens with zero attached hydrogens (tertiary/aromatic N) is 2. The fraction of sp³-hybridized carbons (Fsp3) is 0.174. The Labute approximate surface area is 190 Å². The van der Waals surface area contributed by atoms with E-state index < -0.39 is 11.5 Å². The summed E-state index contributed by atoms with van der Waals surface area (Å²) in [5.74, 6) is -0.0325. The van der Waals surface area contributed by atoms with Gasteiger partial charge in [-0.3, -0.25) is 9.59 Å². The minimum atomic E-state index is -0.604. The van der Waals surface area contributed by atoms with Crippen LogP contribution in [0.4, 0.5) is 0 Å². The van der Waals surface area contributed by atoms with Crippen LogP contribution in [0.2, 0.25) is 10.0 Å². The summed E-state index contributed by atoms with van der Waals surface area (Å²) in [5.41, 5.74) is 3.47. The average molecular weight is 458 g/mol. The molecule has 0 atom stereocenters. The minimum absolute atomic E-state index is 0.00472. The van der Waals surface area contributed by atoms with E-state index in [1.54, 1.807) is 42.6 Å². The molecule has 160 valence electrons. The van der Waals surface area contributed by atoms with Gasteiger partial charge in [0.25, 0.3) is 11.5 Å². The van der Waals surface area contributed by atoms with E-state index in [1.165, 1.54) is 16.8 Å². The zero-order chi connectivity index (χ0) is 22.4. The molecular formula is C23H21Cl2N3O3. The highest BCUT2D eigenvalue weighted by molar-refractivity contribution is 6.32. The smallest absolute Gasteiger partial charge is 0.276 e. The predicted octanol–water partition coefficient (Wildman–Crippen LogP) is 4.75. The zero-order valence-corrected chi connectivity index (χ0v) is 18.5. The number of carbonyl (C=O) groups is 1. The first-order valence-corrected chi connectivity index (χ1v) is 10.3. The molecule has 2 aromatic carbocycles. The number of hydrogen-bond donors (Lipinski definition) is 1. The highest BCUT2D eigenvalue weighted by Crippen LogP contribution is 2.25. The number of aromatic nitrogens is 1. The summed E-state index contributed by atoms with van der Waals surface area (Å²) in [6.45, 7) is 4.12. The van der Waals surface area contributed by atoms with Gasteiger partial charge >= 0.3 is 0 Å². The molecule has 0 unspecified atom stereocenters. The first-order chi connectivity index (χ1) is 14.8. The van der Waals surface area contributed by atoms with Crippen molar-refractivity contribution in [1.29, 1.82) is 0 Å². The number of carbonyl (C=O) groups excluding carboxylic acids is 1. The van der Waals surface area contributed by atoms with Crippen molar-refractivity contribution in [2.75, 3.05) is 0 Å². The molecule has 0 bridgehead atoms. The van der Waals surface area contributed by atoms with Crippen LogP contribution < -0.4 is 15.7 Å². The van der Waals surface area contributed by atoms with Gasteiger partial charge < -0.3 is 9.30 Å². The second kappa shape index (κ2) is 10.3. The minimum Gasteiger partial charge on any atom is -0.489 e. The molecule has 1 amide bonds. The Kier molecular flexibility index (Phi) is 7.50. The zero-order valence-electron chi connectivity index (χ0n) is 17.0. The number of amides is 1. The largest absolute Gasteiger partial charge is 0.489 e. The monoisotopic (exact) mass is 457 g/mol. The molecular weight excluding hydrogens is 437 g/mol. The van der Waals surface area contributed by atoms with E-state index in [1.807, 2.05) is 26.0 Å². The van der Waals surface area contributed by atoms with Gasteiger partial charge in [-0.15, -0.1) is 0 Å². The maximum Gasteiger partial charge on any atom is 0.276 e. The quantitative estimate of drug-likeness (QED) is 0.410. The highest BCUT2D eigenvalue weighted by atomic mass is 35.5. The lowest BCUT2D eigenvalue weighted by atomic mass is 10.2. The van der Waals surface area contributed by atoms with Crippen molar-refractivity contribution in [3.8, 4) is 5.75 Å². The molecule has 0 saturated heterocycles. The Morgan fingerprint density at radius 3 is 2.68 bits per heavy atom. The van der Waals surface area contributed by atoms with Crippen molar-refractivity contribution in [2.45, 2.75) is 26.5 Å². The summed E-state index contributed by atoms with van der Waals surface area (Å²) in [6.07, 6.45) is 3.06.